The highest BCUT2D eigenvalue weighted by atomic mass is 16.4. The van der Waals surface area contributed by atoms with Gasteiger partial charge < -0.3 is 47.7 Å². The summed E-state index contributed by atoms with van der Waals surface area (Å²) in [5.41, 5.74) is 11.4. The van der Waals surface area contributed by atoms with Crippen molar-refractivity contribution in [3.8, 4) is 0 Å². The van der Waals surface area contributed by atoms with Crippen LogP contribution in [0.15, 0.2) is 12.5 Å². The summed E-state index contributed by atoms with van der Waals surface area (Å²) < 4.78 is 0. The van der Waals surface area contributed by atoms with Crippen molar-refractivity contribution in [2.75, 3.05) is 13.2 Å². The Labute approximate surface area is 194 Å². The number of aliphatic carboxylic acids is 2. The Balaban J connectivity index is 3.05. The number of unbranched alkanes of at least 4 members (excludes halogenated alkanes) is 1. The molecule has 1 aromatic heterocycles. The summed E-state index contributed by atoms with van der Waals surface area (Å²) in [6.45, 7) is -0.294. The Morgan fingerprint density at radius 3 is 2.12 bits per heavy atom. The molecular weight excluding hydrogens is 454 g/mol. The van der Waals surface area contributed by atoms with Crippen LogP contribution in [0.1, 0.15) is 31.4 Å². The second kappa shape index (κ2) is 14.6. The highest BCUT2D eigenvalue weighted by Gasteiger charge is 2.31. The molecule has 4 atom stereocenters. The van der Waals surface area contributed by atoms with Gasteiger partial charge in [0.2, 0.25) is 17.7 Å². The van der Waals surface area contributed by atoms with Crippen molar-refractivity contribution >= 4 is 29.7 Å². The second-order valence-electron chi connectivity index (χ2n) is 7.47. The van der Waals surface area contributed by atoms with Gasteiger partial charge in [-0.05, 0) is 25.8 Å². The molecular formula is C19H31N7O8. The number of aromatic nitrogens is 2. The Morgan fingerprint density at radius 1 is 0.971 bits per heavy atom. The Bertz CT molecular complexity index is 833. The van der Waals surface area contributed by atoms with Crippen molar-refractivity contribution in [3.05, 3.63) is 18.2 Å². The molecule has 1 rings (SSSR count). The zero-order valence-corrected chi connectivity index (χ0v) is 18.4. The number of carbonyl (C=O) groups is 5. The molecule has 11 N–H and O–H groups in total. The van der Waals surface area contributed by atoms with E-state index >= 15 is 0 Å². The zero-order chi connectivity index (χ0) is 25.7. The number of aliphatic hydroxyl groups is 1. The van der Waals surface area contributed by atoms with Gasteiger partial charge in [-0.1, -0.05) is 0 Å². The second-order valence-corrected chi connectivity index (χ2v) is 7.47. The van der Waals surface area contributed by atoms with Crippen LogP contribution >= 0.6 is 0 Å². The Kier molecular flexibility index (Phi) is 12.2. The lowest BCUT2D eigenvalue weighted by atomic mass is 10.1. The average Bonchev–Trinajstić information content (AvgIpc) is 3.29. The number of aliphatic hydroxyl groups excluding tert-OH is 1. The smallest absolute Gasteiger partial charge is 0.326 e. The number of carboxylic acid groups (broad SMARTS) is 2. The van der Waals surface area contributed by atoms with E-state index in [-0.39, 0.29) is 12.8 Å². The van der Waals surface area contributed by atoms with E-state index in [1.165, 1.54) is 12.5 Å². The van der Waals surface area contributed by atoms with E-state index in [9.17, 15) is 29.1 Å². The molecule has 0 aliphatic carbocycles. The maximum absolute atomic E-state index is 12.9. The van der Waals surface area contributed by atoms with Gasteiger partial charge in [0.25, 0.3) is 0 Å². The van der Waals surface area contributed by atoms with Crippen molar-refractivity contribution < 1.29 is 39.3 Å². The number of nitrogens with one attached hydrogen (secondary N) is 4. The van der Waals surface area contributed by atoms with E-state index < -0.39 is 66.9 Å². The van der Waals surface area contributed by atoms with Crippen LogP contribution in [0.4, 0.5) is 0 Å². The fourth-order valence-corrected chi connectivity index (χ4v) is 2.87. The van der Waals surface area contributed by atoms with Crippen molar-refractivity contribution in [1.82, 2.24) is 25.9 Å². The lowest BCUT2D eigenvalue weighted by Gasteiger charge is -2.24. The minimum Gasteiger partial charge on any atom is -0.481 e. The average molecular weight is 485 g/mol. The third-order valence-corrected chi connectivity index (χ3v) is 4.72. The highest BCUT2D eigenvalue weighted by Crippen LogP contribution is 2.06. The molecule has 0 bridgehead atoms. The molecule has 0 saturated carbocycles. The fourth-order valence-electron chi connectivity index (χ4n) is 2.87. The monoisotopic (exact) mass is 485 g/mol. The fraction of sp³-hybridized carbons (Fsp3) is 0.579. The van der Waals surface area contributed by atoms with Gasteiger partial charge in [0.15, 0.2) is 0 Å². The van der Waals surface area contributed by atoms with Crippen LogP contribution in [0.3, 0.4) is 0 Å². The first-order valence-electron chi connectivity index (χ1n) is 10.5. The maximum atomic E-state index is 12.9. The van der Waals surface area contributed by atoms with Crippen LogP contribution < -0.4 is 27.4 Å². The molecule has 190 valence electrons. The number of hydrogen-bond acceptors (Lipinski definition) is 9. The van der Waals surface area contributed by atoms with E-state index in [1.807, 2.05) is 0 Å². The number of carboxylic acids is 2. The lowest BCUT2D eigenvalue weighted by Crippen LogP contribution is -2.58. The van der Waals surface area contributed by atoms with Crippen molar-refractivity contribution in [3.63, 3.8) is 0 Å². The minimum absolute atomic E-state index is 0.128. The number of imidazole rings is 1. The molecule has 4 unspecified atom stereocenters. The molecule has 0 spiro atoms. The van der Waals surface area contributed by atoms with E-state index in [4.69, 9.17) is 21.7 Å². The molecule has 0 aliphatic rings. The minimum atomic E-state index is -1.73. The van der Waals surface area contributed by atoms with Crippen molar-refractivity contribution in [1.29, 1.82) is 0 Å². The number of rotatable bonds is 16. The Hall–Kier alpha value is -3.56. The SMILES string of the molecule is NCCCCC(NC(=O)C(N)CO)C(=O)NC(Cc1cnc[nH]1)C(=O)NC(CC(=O)O)C(=O)O. The first-order valence-corrected chi connectivity index (χ1v) is 10.5. The van der Waals surface area contributed by atoms with E-state index in [0.29, 0.717) is 25.1 Å². The van der Waals surface area contributed by atoms with Gasteiger partial charge >= 0.3 is 11.9 Å². The third-order valence-electron chi connectivity index (χ3n) is 4.72. The highest BCUT2D eigenvalue weighted by molar-refractivity contribution is 5.94. The lowest BCUT2D eigenvalue weighted by molar-refractivity contribution is -0.147. The predicted molar refractivity (Wildman–Crippen MR) is 116 cm³/mol. The topological polar surface area (TPSA) is 263 Å². The summed E-state index contributed by atoms with van der Waals surface area (Å²) in [4.78, 5) is 66.7. The van der Waals surface area contributed by atoms with Crippen LogP contribution in [0.25, 0.3) is 0 Å². The quantitative estimate of drug-likeness (QED) is 0.103. The molecule has 3 amide bonds. The number of nitrogens with zero attached hydrogens (tertiary/aromatic N) is 1. The summed E-state index contributed by atoms with van der Waals surface area (Å²) in [5.74, 6) is -5.50. The molecule has 0 aliphatic heterocycles. The summed E-state index contributed by atoms with van der Waals surface area (Å²) in [6.07, 6.45) is 2.89. The van der Waals surface area contributed by atoms with E-state index in [0.717, 1.165) is 0 Å². The molecule has 15 nitrogen and oxygen atoms in total. The number of hydrogen-bond donors (Lipinski definition) is 9. The van der Waals surface area contributed by atoms with Crippen LogP contribution in [0.5, 0.6) is 0 Å². The molecule has 0 radical (unpaired) electrons. The number of amides is 3. The van der Waals surface area contributed by atoms with Gasteiger partial charge in [0, 0.05) is 18.3 Å². The van der Waals surface area contributed by atoms with Crippen LogP contribution in [-0.2, 0) is 30.4 Å². The molecule has 1 aromatic rings. The number of aromatic amines is 1. The first-order chi connectivity index (χ1) is 16.1. The molecule has 0 saturated heterocycles. The standard InChI is InChI=1S/C19H31N7O8/c20-4-2-1-3-12(24-16(30)11(21)8-27)17(31)25-13(5-10-7-22-9-23-10)18(32)26-14(19(33)34)6-15(28)29/h7,9,11-14,27H,1-6,8,20-21H2,(H,22,23)(H,24,30)(H,25,31)(H,26,32)(H,28,29)(H,33,34). The third kappa shape index (κ3) is 9.93. The normalized spacial score (nSPS) is 14.3. The van der Waals surface area contributed by atoms with Gasteiger partial charge in [-0.15, -0.1) is 0 Å². The Morgan fingerprint density at radius 2 is 1.59 bits per heavy atom. The van der Waals surface area contributed by atoms with Crippen LogP contribution in [-0.4, -0.2) is 92.3 Å². The van der Waals surface area contributed by atoms with Gasteiger partial charge in [0.1, 0.15) is 24.2 Å². The molecule has 0 fully saturated rings. The predicted octanol–water partition coefficient (Wildman–Crippen LogP) is -3.59. The number of H-pyrrole nitrogens is 1. The zero-order valence-electron chi connectivity index (χ0n) is 18.4. The molecule has 0 aromatic carbocycles. The number of nitrogens with two attached hydrogens (primary N) is 2. The van der Waals surface area contributed by atoms with Crippen molar-refractivity contribution in [2.24, 2.45) is 11.5 Å². The molecule has 15 heteroatoms. The summed E-state index contributed by atoms with van der Waals surface area (Å²) in [6, 6.07) is -5.44. The van der Waals surface area contributed by atoms with Crippen LogP contribution in [0, 0.1) is 0 Å². The number of carbonyl (C=O) groups excluding carboxylic acids is 3. The van der Waals surface area contributed by atoms with Crippen molar-refractivity contribution in [2.45, 2.75) is 56.3 Å². The molecule has 34 heavy (non-hydrogen) atoms. The van der Waals surface area contributed by atoms with E-state index in [1.54, 1.807) is 0 Å². The summed E-state index contributed by atoms with van der Waals surface area (Å²) >= 11 is 0. The van der Waals surface area contributed by atoms with Gasteiger partial charge in [-0.25, -0.2) is 9.78 Å². The summed E-state index contributed by atoms with van der Waals surface area (Å²) in [5, 5.41) is 34.1. The van der Waals surface area contributed by atoms with Crippen LogP contribution in [0.2, 0.25) is 0 Å². The van der Waals surface area contributed by atoms with E-state index in [2.05, 4.69) is 25.9 Å². The van der Waals surface area contributed by atoms with Gasteiger partial charge in [-0.3, -0.25) is 19.2 Å². The van der Waals surface area contributed by atoms with Gasteiger partial charge in [0.05, 0.1) is 19.4 Å². The molecule has 1 heterocycles. The van der Waals surface area contributed by atoms with Gasteiger partial charge in [-0.2, -0.15) is 0 Å². The first kappa shape index (κ1) is 28.5. The largest absolute Gasteiger partial charge is 0.481 e. The maximum Gasteiger partial charge on any atom is 0.326 e. The summed E-state index contributed by atoms with van der Waals surface area (Å²) in [7, 11) is 0.